The maximum absolute atomic E-state index is 11.9. The molecule has 0 bridgehead atoms. The highest BCUT2D eigenvalue weighted by Crippen LogP contribution is 2.40. The summed E-state index contributed by atoms with van der Waals surface area (Å²) < 4.78 is 0.332. The van der Waals surface area contributed by atoms with Gasteiger partial charge in [-0.2, -0.15) is 0 Å². The molecule has 1 nitrogen and oxygen atoms in total. The molecule has 1 aromatic carbocycles. The van der Waals surface area contributed by atoms with Crippen LogP contribution in [0.3, 0.4) is 0 Å². The lowest BCUT2D eigenvalue weighted by Gasteiger charge is -1.93. The van der Waals surface area contributed by atoms with Crippen LogP contribution in [-0.2, 0) is 0 Å². The third kappa shape index (κ3) is 2.96. The topological polar surface area (TPSA) is 17.1 Å². The van der Waals surface area contributed by atoms with Gasteiger partial charge in [0.05, 0.1) is 14.9 Å². The molecular weight excluding hydrogens is 311 g/mol. The van der Waals surface area contributed by atoms with Gasteiger partial charge in [0.15, 0.2) is 5.78 Å². The van der Waals surface area contributed by atoms with Crippen LogP contribution in [0, 0.1) is 0 Å². The van der Waals surface area contributed by atoms with Crippen molar-refractivity contribution in [2.45, 2.75) is 0 Å². The minimum atomic E-state index is -0.206. The van der Waals surface area contributed by atoms with Gasteiger partial charge in [-0.3, -0.25) is 4.79 Å². The Balaban J connectivity index is 2.23. The molecule has 5 heteroatoms. The zero-order valence-corrected chi connectivity index (χ0v) is 12.1. The molecule has 0 saturated heterocycles. The molecular formula is C13H7Cl3OS. The first-order valence-corrected chi connectivity index (χ1v) is 6.95. The Labute approximate surface area is 124 Å². The predicted molar refractivity (Wildman–Crippen MR) is 79.2 cm³/mol. The highest BCUT2D eigenvalue weighted by Gasteiger charge is 2.17. The van der Waals surface area contributed by atoms with Crippen LogP contribution < -0.4 is 0 Å². The van der Waals surface area contributed by atoms with Gasteiger partial charge in [0.2, 0.25) is 0 Å². The van der Waals surface area contributed by atoms with Crippen molar-refractivity contribution >= 4 is 58.0 Å². The van der Waals surface area contributed by atoms with Crippen molar-refractivity contribution < 1.29 is 4.79 Å². The Morgan fingerprint density at radius 1 is 1.06 bits per heavy atom. The van der Waals surface area contributed by atoms with Crippen LogP contribution >= 0.6 is 46.1 Å². The van der Waals surface area contributed by atoms with Crippen LogP contribution in [0.25, 0.3) is 6.08 Å². The summed E-state index contributed by atoms with van der Waals surface area (Å²) in [6.45, 7) is 0. The van der Waals surface area contributed by atoms with E-state index in [4.69, 9.17) is 34.8 Å². The smallest absolute Gasteiger partial charge is 0.197 e. The molecule has 0 saturated carbocycles. The predicted octanol–water partition coefficient (Wildman–Crippen LogP) is 5.60. The second-order valence-electron chi connectivity index (χ2n) is 3.44. The quantitative estimate of drug-likeness (QED) is 0.531. The fourth-order valence-electron chi connectivity index (χ4n) is 1.34. The molecule has 0 aliphatic heterocycles. The minimum Gasteiger partial charge on any atom is -0.288 e. The monoisotopic (exact) mass is 316 g/mol. The maximum Gasteiger partial charge on any atom is 0.197 e. The van der Waals surface area contributed by atoms with E-state index >= 15 is 0 Å². The molecule has 1 aromatic heterocycles. The van der Waals surface area contributed by atoms with E-state index in [2.05, 4.69) is 0 Å². The second-order valence-corrected chi connectivity index (χ2v) is 5.82. The molecule has 18 heavy (non-hydrogen) atoms. The fourth-order valence-corrected chi connectivity index (χ4v) is 3.07. The molecule has 0 aliphatic carbocycles. The van der Waals surface area contributed by atoms with E-state index in [0.29, 0.717) is 9.21 Å². The average molecular weight is 318 g/mol. The standard InChI is InChI=1S/C13H7Cl3OS/c14-10-11(15)13(16)18-12(10)9(17)7-6-8-4-2-1-3-5-8/h1-7H/b7-6+. The fraction of sp³-hybridized carbons (Fsp3) is 0. The van der Waals surface area contributed by atoms with Gasteiger partial charge in [-0.05, 0) is 11.6 Å². The summed E-state index contributed by atoms with van der Waals surface area (Å²) in [5.41, 5.74) is 0.940. The Kier molecular flexibility index (Phi) is 4.46. The lowest BCUT2D eigenvalue weighted by atomic mass is 10.2. The van der Waals surface area contributed by atoms with Gasteiger partial charge in [-0.15, -0.1) is 11.3 Å². The van der Waals surface area contributed by atoms with Crippen molar-refractivity contribution in [3.63, 3.8) is 0 Å². The third-order valence-electron chi connectivity index (χ3n) is 2.21. The summed E-state index contributed by atoms with van der Waals surface area (Å²) in [6.07, 6.45) is 3.18. The third-order valence-corrected chi connectivity index (χ3v) is 4.79. The number of carbonyl (C=O) groups is 1. The van der Waals surface area contributed by atoms with Gasteiger partial charge in [0.1, 0.15) is 4.34 Å². The van der Waals surface area contributed by atoms with E-state index in [-0.39, 0.29) is 15.8 Å². The number of ketones is 1. The first-order valence-electron chi connectivity index (χ1n) is 5.00. The molecule has 0 amide bonds. The van der Waals surface area contributed by atoms with Crippen LogP contribution in [0.15, 0.2) is 36.4 Å². The van der Waals surface area contributed by atoms with E-state index in [1.165, 1.54) is 6.08 Å². The Morgan fingerprint density at radius 2 is 1.72 bits per heavy atom. The molecule has 92 valence electrons. The normalized spacial score (nSPS) is 11.1. The summed E-state index contributed by atoms with van der Waals surface area (Å²) in [5.74, 6) is -0.206. The number of hydrogen-bond donors (Lipinski definition) is 0. The zero-order chi connectivity index (χ0) is 13.1. The Morgan fingerprint density at radius 3 is 2.28 bits per heavy atom. The van der Waals surface area contributed by atoms with Crippen LogP contribution in [0.4, 0.5) is 0 Å². The number of thiophene rings is 1. The second kappa shape index (κ2) is 5.89. The van der Waals surface area contributed by atoms with Crippen LogP contribution in [-0.4, -0.2) is 5.78 Å². The van der Waals surface area contributed by atoms with Gasteiger partial charge in [-0.1, -0.05) is 71.2 Å². The molecule has 0 unspecified atom stereocenters. The van der Waals surface area contributed by atoms with Crippen LogP contribution in [0.2, 0.25) is 14.4 Å². The average Bonchev–Trinajstić information content (AvgIpc) is 2.65. The molecule has 2 rings (SSSR count). The first kappa shape index (κ1) is 13.6. The van der Waals surface area contributed by atoms with E-state index in [1.54, 1.807) is 6.08 Å². The van der Waals surface area contributed by atoms with E-state index < -0.39 is 0 Å². The molecule has 0 fully saturated rings. The number of allylic oxidation sites excluding steroid dienone is 1. The largest absolute Gasteiger partial charge is 0.288 e. The Bertz CT molecular complexity index is 602. The molecule has 0 radical (unpaired) electrons. The van der Waals surface area contributed by atoms with Crippen molar-refractivity contribution in [2.24, 2.45) is 0 Å². The van der Waals surface area contributed by atoms with Gasteiger partial charge in [-0.25, -0.2) is 0 Å². The molecule has 0 aliphatic rings. The number of rotatable bonds is 3. The van der Waals surface area contributed by atoms with Gasteiger partial charge in [0.25, 0.3) is 0 Å². The summed E-state index contributed by atoms with van der Waals surface area (Å²) in [7, 11) is 0. The van der Waals surface area contributed by atoms with Crippen LogP contribution in [0.5, 0.6) is 0 Å². The highest BCUT2D eigenvalue weighted by molar-refractivity contribution is 7.19. The van der Waals surface area contributed by atoms with E-state index in [9.17, 15) is 4.79 Å². The van der Waals surface area contributed by atoms with E-state index in [0.717, 1.165) is 16.9 Å². The van der Waals surface area contributed by atoms with Gasteiger partial charge in [0, 0.05) is 0 Å². The molecule has 0 N–H and O–H groups in total. The summed E-state index contributed by atoms with van der Waals surface area (Å²) in [4.78, 5) is 12.3. The van der Waals surface area contributed by atoms with Crippen molar-refractivity contribution in [1.82, 2.24) is 0 Å². The maximum atomic E-state index is 11.9. The summed E-state index contributed by atoms with van der Waals surface area (Å²) >= 11 is 18.7. The van der Waals surface area contributed by atoms with Crippen molar-refractivity contribution in [3.8, 4) is 0 Å². The van der Waals surface area contributed by atoms with Crippen molar-refractivity contribution in [2.75, 3.05) is 0 Å². The highest BCUT2D eigenvalue weighted by atomic mass is 35.5. The summed E-state index contributed by atoms with van der Waals surface area (Å²) in [5, 5.41) is 0.453. The van der Waals surface area contributed by atoms with Crippen molar-refractivity contribution in [3.05, 3.63) is 61.2 Å². The minimum absolute atomic E-state index is 0.206. The van der Waals surface area contributed by atoms with Crippen LogP contribution in [0.1, 0.15) is 15.2 Å². The SMILES string of the molecule is O=C(/C=C/c1ccccc1)c1sc(Cl)c(Cl)c1Cl. The van der Waals surface area contributed by atoms with E-state index in [1.807, 2.05) is 30.3 Å². The molecule has 2 aromatic rings. The lowest BCUT2D eigenvalue weighted by Crippen LogP contribution is -1.90. The molecule has 0 spiro atoms. The Hall–Kier alpha value is -0.800. The number of hydrogen-bond acceptors (Lipinski definition) is 2. The summed E-state index contributed by atoms with van der Waals surface area (Å²) in [6, 6.07) is 9.51. The number of benzene rings is 1. The first-order chi connectivity index (χ1) is 8.59. The number of carbonyl (C=O) groups excluding carboxylic acids is 1. The van der Waals surface area contributed by atoms with Crippen molar-refractivity contribution in [1.29, 1.82) is 0 Å². The lowest BCUT2D eigenvalue weighted by molar-refractivity contribution is 0.105. The molecule has 1 heterocycles. The van der Waals surface area contributed by atoms with Gasteiger partial charge >= 0.3 is 0 Å². The number of halogens is 3. The van der Waals surface area contributed by atoms with Gasteiger partial charge < -0.3 is 0 Å². The molecule has 0 atom stereocenters. The zero-order valence-electron chi connectivity index (χ0n) is 8.99.